The van der Waals surface area contributed by atoms with Crippen molar-refractivity contribution in [2.45, 2.75) is 18.9 Å². The molecule has 0 saturated carbocycles. The Morgan fingerprint density at radius 3 is 2.18 bits per heavy atom. The van der Waals surface area contributed by atoms with Gasteiger partial charge in [0.15, 0.2) is 0 Å². The van der Waals surface area contributed by atoms with Crippen LogP contribution in [-0.2, 0) is 11.2 Å². The molecule has 3 heterocycles. The van der Waals surface area contributed by atoms with Gasteiger partial charge in [0.1, 0.15) is 17.0 Å². The molecule has 1 amide bonds. The van der Waals surface area contributed by atoms with E-state index in [2.05, 4.69) is 58.3 Å². The minimum absolute atomic E-state index is 0.0890. The number of anilines is 1. The van der Waals surface area contributed by atoms with Crippen LogP contribution in [0.15, 0.2) is 88.1 Å². The summed E-state index contributed by atoms with van der Waals surface area (Å²) >= 11 is 0. The van der Waals surface area contributed by atoms with Crippen LogP contribution in [0.2, 0.25) is 0 Å². The lowest BCUT2D eigenvalue weighted by Gasteiger charge is -2.40. The van der Waals surface area contributed by atoms with Crippen LogP contribution in [0.25, 0.3) is 11.0 Å². The quantitative estimate of drug-likeness (QED) is 0.407. The third kappa shape index (κ3) is 4.71. The third-order valence-corrected chi connectivity index (χ3v) is 7.71. The number of rotatable bonds is 5. The number of phenols is 1. The van der Waals surface area contributed by atoms with Crippen molar-refractivity contribution in [2.75, 3.05) is 44.2 Å². The summed E-state index contributed by atoms with van der Waals surface area (Å²) in [5.41, 5.74) is 3.57. The summed E-state index contributed by atoms with van der Waals surface area (Å²) in [5.74, 6) is 0.0213. The molecule has 4 aromatic rings. The summed E-state index contributed by atoms with van der Waals surface area (Å²) in [6.45, 7) is 3.96. The molecule has 0 radical (unpaired) electrons. The van der Waals surface area contributed by atoms with Gasteiger partial charge in [-0.1, -0.05) is 60.7 Å². The first-order valence-corrected chi connectivity index (χ1v) is 13.2. The number of hydrogen-bond acceptors (Lipinski definition) is 6. The van der Waals surface area contributed by atoms with E-state index in [-0.39, 0.29) is 24.2 Å². The Morgan fingerprint density at radius 1 is 0.868 bits per heavy atom. The number of amides is 1. The predicted molar refractivity (Wildman–Crippen MR) is 148 cm³/mol. The molecule has 6 rings (SSSR count). The topological polar surface area (TPSA) is 77.2 Å². The first-order chi connectivity index (χ1) is 18.6. The van der Waals surface area contributed by atoms with Crippen LogP contribution >= 0.6 is 0 Å². The number of benzene rings is 3. The maximum absolute atomic E-state index is 13.5. The lowest BCUT2D eigenvalue weighted by Crippen LogP contribution is -2.52. The van der Waals surface area contributed by atoms with Crippen molar-refractivity contribution in [3.8, 4) is 5.75 Å². The van der Waals surface area contributed by atoms with Gasteiger partial charge in [-0.05, 0) is 47.7 Å². The van der Waals surface area contributed by atoms with E-state index in [9.17, 15) is 14.7 Å². The van der Waals surface area contributed by atoms with Crippen molar-refractivity contribution in [1.29, 1.82) is 0 Å². The van der Waals surface area contributed by atoms with Crippen molar-refractivity contribution in [1.82, 2.24) is 9.80 Å². The molecule has 0 atom stereocenters. The highest BCUT2D eigenvalue weighted by molar-refractivity contribution is 5.98. The Balaban J connectivity index is 1.18. The van der Waals surface area contributed by atoms with E-state index in [1.807, 2.05) is 12.1 Å². The van der Waals surface area contributed by atoms with E-state index in [0.29, 0.717) is 29.6 Å². The highest BCUT2D eigenvalue weighted by atomic mass is 16.4. The highest BCUT2D eigenvalue weighted by Gasteiger charge is 2.31. The fourth-order valence-electron chi connectivity index (χ4n) is 5.88. The van der Waals surface area contributed by atoms with Gasteiger partial charge >= 0.3 is 5.63 Å². The van der Waals surface area contributed by atoms with Crippen molar-refractivity contribution in [3.63, 3.8) is 0 Å². The van der Waals surface area contributed by atoms with Gasteiger partial charge < -0.3 is 14.4 Å². The second kappa shape index (κ2) is 10.4. The Bertz CT molecular complexity index is 1460. The molecule has 38 heavy (non-hydrogen) atoms. The molecular formula is C31H31N3O4. The molecule has 1 saturated heterocycles. The summed E-state index contributed by atoms with van der Waals surface area (Å²) < 4.78 is 5.53. The van der Waals surface area contributed by atoms with Gasteiger partial charge in [-0.25, -0.2) is 4.79 Å². The van der Waals surface area contributed by atoms with Crippen molar-refractivity contribution < 1.29 is 14.3 Å². The standard InChI is InChI=1S/C31H31N3O4/c35-24-13-14-27-26(20-24)25-12-7-15-34(30(25)31(37)38-27)28(36)21-32-16-18-33(19-17-32)29(22-8-3-1-4-9-22)23-10-5-2-6-11-23/h1-6,8-11,13-14,20,29,35H,7,12,15-19,21H2. The molecule has 1 N–H and O–H groups in total. The summed E-state index contributed by atoms with van der Waals surface area (Å²) in [4.78, 5) is 32.6. The Morgan fingerprint density at radius 2 is 1.53 bits per heavy atom. The molecule has 7 heteroatoms. The van der Waals surface area contributed by atoms with E-state index < -0.39 is 5.63 Å². The molecule has 0 bridgehead atoms. The Kier molecular flexibility index (Phi) is 6.70. The minimum Gasteiger partial charge on any atom is -0.508 e. The van der Waals surface area contributed by atoms with Gasteiger partial charge in [0.2, 0.25) is 5.91 Å². The van der Waals surface area contributed by atoms with Crippen LogP contribution in [0.5, 0.6) is 5.75 Å². The van der Waals surface area contributed by atoms with Gasteiger partial charge in [-0.2, -0.15) is 0 Å². The minimum atomic E-state index is -0.496. The molecule has 2 aliphatic rings. The summed E-state index contributed by atoms with van der Waals surface area (Å²) in [6, 6.07) is 26.0. The molecule has 7 nitrogen and oxygen atoms in total. The van der Waals surface area contributed by atoms with E-state index in [1.165, 1.54) is 17.2 Å². The van der Waals surface area contributed by atoms with Crippen LogP contribution < -0.4 is 10.5 Å². The first kappa shape index (κ1) is 24.4. The maximum atomic E-state index is 13.5. The lowest BCUT2D eigenvalue weighted by molar-refractivity contribution is -0.120. The van der Waals surface area contributed by atoms with E-state index in [1.54, 1.807) is 17.0 Å². The fourth-order valence-corrected chi connectivity index (χ4v) is 5.88. The van der Waals surface area contributed by atoms with E-state index >= 15 is 0 Å². The molecule has 3 aromatic carbocycles. The van der Waals surface area contributed by atoms with Crippen LogP contribution in [0.1, 0.15) is 29.2 Å². The largest absolute Gasteiger partial charge is 0.508 e. The van der Waals surface area contributed by atoms with Gasteiger partial charge in [0, 0.05) is 38.1 Å². The van der Waals surface area contributed by atoms with Crippen molar-refractivity contribution >= 4 is 22.6 Å². The number of fused-ring (bicyclic) bond motifs is 3. The number of piperazine rings is 1. The van der Waals surface area contributed by atoms with Gasteiger partial charge in [0.25, 0.3) is 0 Å². The summed E-state index contributed by atoms with van der Waals surface area (Å²) in [6.07, 6.45) is 1.43. The molecular weight excluding hydrogens is 478 g/mol. The second-order valence-electron chi connectivity index (χ2n) is 10.1. The van der Waals surface area contributed by atoms with Gasteiger partial charge in [-0.3, -0.25) is 14.6 Å². The average molecular weight is 510 g/mol. The van der Waals surface area contributed by atoms with Crippen LogP contribution in [0, 0.1) is 0 Å². The normalized spacial score (nSPS) is 16.6. The maximum Gasteiger partial charge on any atom is 0.360 e. The predicted octanol–water partition coefficient (Wildman–Crippen LogP) is 4.19. The zero-order chi connectivity index (χ0) is 26.1. The number of phenolic OH excluding ortho intramolecular Hbond substituents is 1. The zero-order valence-electron chi connectivity index (χ0n) is 21.3. The van der Waals surface area contributed by atoms with Crippen LogP contribution in [0.3, 0.4) is 0 Å². The highest BCUT2D eigenvalue weighted by Crippen LogP contribution is 2.33. The number of aryl methyl sites for hydroxylation is 1. The second-order valence-corrected chi connectivity index (χ2v) is 10.1. The van der Waals surface area contributed by atoms with E-state index in [4.69, 9.17) is 4.42 Å². The summed E-state index contributed by atoms with van der Waals surface area (Å²) in [7, 11) is 0. The molecule has 1 aromatic heterocycles. The molecule has 0 spiro atoms. The SMILES string of the molecule is O=C(CN1CCN(C(c2ccccc2)c2ccccc2)CC1)N1CCCc2c1c(=O)oc1ccc(O)cc21. The average Bonchev–Trinajstić information content (AvgIpc) is 2.95. The number of carbonyl (C=O) groups excluding carboxylic acids is 1. The summed E-state index contributed by atoms with van der Waals surface area (Å²) in [5, 5.41) is 10.7. The van der Waals surface area contributed by atoms with Crippen molar-refractivity contribution in [2.24, 2.45) is 0 Å². The number of nitrogens with zero attached hydrogens (tertiary/aromatic N) is 3. The van der Waals surface area contributed by atoms with E-state index in [0.717, 1.165) is 38.2 Å². The molecule has 2 aliphatic heterocycles. The molecule has 1 fully saturated rings. The Labute approximate surface area is 221 Å². The van der Waals surface area contributed by atoms with Crippen molar-refractivity contribution in [3.05, 3.63) is 106 Å². The van der Waals surface area contributed by atoms with Gasteiger partial charge in [-0.15, -0.1) is 0 Å². The fraction of sp³-hybridized carbons (Fsp3) is 0.290. The molecule has 194 valence electrons. The molecule has 0 unspecified atom stereocenters. The number of carbonyl (C=O) groups is 1. The monoisotopic (exact) mass is 509 g/mol. The zero-order valence-corrected chi connectivity index (χ0v) is 21.3. The van der Waals surface area contributed by atoms with Crippen LogP contribution in [-0.4, -0.2) is 60.1 Å². The van der Waals surface area contributed by atoms with Gasteiger partial charge in [0.05, 0.1) is 12.6 Å². The number of aromatic hydroxyl groups is 1. The smallest absolute Gasteiger partial charge is 0.360 e. The first-order valence-electron chi connectivity index (χ1n) is 13.2. The number of hydrogen-bond donors (Lipinski definition) is 1. The third-order valence-electron chi connectivity index (χ3n) is 7.71. The Hall–Kier alpha value is -3.94. The lowest BCUT2D eigenvalue weighted by atomic mass is 9.96. The molecule has 0 aliphatic carbocycles. The van der Waals surface area contributed by atoms with Crippen LogP contribution in [0.4, 0.5) is 5.69 Å².